The van der Waals surface area contributed by atoms with Crippen molar-refractivity contribution in [2.24, 2.45) is 0 Å². The molecule has 0 spiro atoms. The van der Waals surface area contributed by atoms with Crippen molar-refractivity contribution in [3.8, 4) is 0 Å². The molecule has 1 aromatic heterocycles. The molecular formula is C9H14N2OS. The van der Waals surface area contributed by atoms with Gasteiger partial charge in [0.1, 0.15) is 0 Å². The molecule has 0 amide bonds. The maximum absolute atomic E-state index is 11.4. The molecule has 0 fully saturated rings. The fraction of sp³-hybridized carbons (Fsp3) is 0.444. The first-order valence-electron chi connectivity index (χ1n) is 4.10. The molecule has 0 aliphatic rings. The van der Waals surface area contributed by atoms with E-state index < -0.39 is 0 Å². The van der Waals surface area contributed by atoms with Gasteiger partial charge in [0.25, 0.3) is 5.56 Å². The second-order valence-electron chi connectivity index (χ2n) is 2.94. The molecular weight excluding hydrogens is 184 g/mol. The number of rotatable bonds is 3. The van der Waals surface area contributed by atoms with Crippen molar-refractivity contribution >= 4 is 17.4 Å². The summed E-state index contributed by atoms with van der Waals surface area (Å²) < 4.78 is 1.65. The molecule has 0 radical (unpaired) electrons. The number of aryl methyl sites for hydroxylation is 2. The van der Waals surface area contributed by atoms with E-state index in [1.807, 2.05) is 13.2 Å². The summed E-state index contributed by atoms with van der Waals surface area (Å²) in [7, 11) is 0. The Morgan fingerprint density at radius 1 is 1.62 bits per heavy atom. The van der Waals surface area contributed by atoms with Gasteiger partial charge < -0.3 is 10.3 Å². The van der Waals surface area contributed by atoms with Crippen molar-refractivity contribution in [1.82, 2.24) is 4.57 Å². The predicted octanol–water partition coefficient (Wildman–Crippen LogP) is 1.10. The van der Waals surface area contributed by atoms with Crippen molar-refractivity contribution < 1.29 is 0 Å². The molecule has 13 heavy (non-hydrogen) atoms. The van der Waals surface area contributed by atoms with Gasteiger partial charge in [0.2, 0.25) is 0 Å². The lowest BCUT2D eigenvalue weighted by Gasteiger charge is -2.06. The van der Waals surface area contributed by atoms with Gasteiger partial charge in [-0.25, -0.2) is 0 Å². The van der Waals surface area contributed by atoms with Crippen molar-refractivity contribution in [2.75, 3.05) is 17.7 Å². The summed E-state index contributed by atoms with van der Waals surface area (Å²) in [5, 5.41) is 0. The Kier molecular flexibility index (Phi) is 3.42. The average molecular weight is 198 g/mol. The minimum absolute atomic E-state index is 0.0285. The Morgan fingerprint density at radius 2 is 2.31 bits per heavy atom. The Bertz CT molecular complexity index is 346. The van der Waals surface area contributed by atoms with Crippen molar-refractivity contribution in [2.45, 2.75) is 13.5 Å². The monoisotopic (exact) mass is 198 g/mol. The van der Waals surface area contributed by atoms with Crippen molar-refractivity contribution in [3.63, 3.8) is 0 Å². The lowest BCUT2D eigenvalue weighted by Crippen LogP contribution is -2.21. The van der Waals surface area contributed by atoms with E-state index in [1.54, 1.807) is 28.6 Å². The third-order valence-electron chi connectivity index (χ3n) is 1.91. The topological polar surface area (TPSA) is 48.0 Å². The van der Waals surface area contributed by atoms with E-state index >= 15 is 0 Å². The summed E-state index contributed by atoms with van der Waals surface area (Å²) in [6, 6.07) is 1.58. The zero-order valence-electron chi connectivity index (χ0n) is 7.91. The molecule has 1 heterocycles. The van der Waals surface area contributed by atoms with E-state index in [0.717, 1.165) is 17.9 Å². The fourth-order valence-corrected chi connectivity index (χ4v) is 1.43. The average Bonchev–Trinajstić information content (AvgIpc) is 2.09. The summed E-state index contributed by atoms with van der Waals surface area (Å²) in [6.07, 6.45) is 3.73. The lowest BCUT2D eigenvalue weighted by atomic mass is 10.2. The molecule has 3 nitrogen and oxygen atoms in total. The lowest BCUT2D eigenvalue weighted by molar-refractivity contribution is 0.735. The minimum Gasteiger partial charge on any atom is -0.397 e. The standard InChI is InChI=1S/C9H14N2OS/c1-7-5-9(12)11(3-4-13-2)6-8(7)10/h5-6H,3-4,10H2,1-2H3. The molecule has 2 N–H and O–H groups in total. The van der Waals surface area contributed by atoms with Crippen LogP contribution in [0.5, 0.6) is 0 Å². The summed E-state index contributed by atoms with van der Waals surface area (Å²) in [5.74, 6) is 0.933. The fourth-order valence-electron chi connectivity index (χ4n) is 1.05. The largest absolute Gasteiger partial charge is 0.397 e. The molecule has 0 unspecified atom stereocenters. The van der Waals surface area contributed by atoms with Crippen LogP contribution < -0.4 is 11.3 Å². The maximum atomic E-state index is 11.4. The second-order valence-corrected chi connectivity index (χ2v) is 3.92. The van der Waals surface area contributed by atoms with E-state index in [2.05, 4.69) is 0 Å². The second kappa shape index (κ2) is 4.37. The van der Waals surface area contributed by atoms with Gasteiger partial charge in [-0.05, 0) is 18.7 Å². The molecule has 0 bridgehead atoms. The van der Waals surface area contributed by atoms with Crippen LogP contribution in [0.15, 0.2) is 17.1 Å². The Morgan fingerprint density at radius 3 is 2.92 bits per heavy atom. The molecule has 1 rings (SSSR count). The number of nitrogens with two attached hydrogens (primary N) is 1. The Hall–Kier alpha value is -0.900. The molecule has 72 valence electrons. The number of anilines is 1. The number of thioether (sulfide) groups is 1. The smallest absolute Gasteiger partial charge is 0.250 e. The van der Waals surface area contributed by atoms with E-state index in [4.69, 9.17) is 5.73 Å². The van der Waals surface area contributed by atoms with Crippen LogP contribution in [0.2, 0.25) is 0 Å². The van der Waals surface area contributed by atoms with Crippen LogP contribution in [0, 0.1) is 6.92 Å². The SMILES string of the molecule is CSCCn1cc(N)c(C)cc1=O. The van der Waals surface area contributed by atoms with Crippen LogP contribution in [0.4, 0.5) is 5.69 Å². The van der Waals surface area contributed by atoms with E-state index in [9.17, 15) is 4.79 Å². The van der Waals surface area contributed by atoms with Crippen LogP contribution in [-0.2, 0) is 6.54 Å². The number of aromatic nitrogens is 1. The van der Waals surface area contributed by atoms with Gasteiger partial charge in [-0.2, -0.15) is 11.8 Å². The Balaban J connectivity index is 2.95. The first kappa shape index (κ1) is 10.2. The van der Waals surface area contributed by atoms with Gasteiger partial charge >= 0.3 is 0 Å². The highest BCUT2D eigenvalue weighted by molar-refractivity contribution is 7.98. The maximum Gasteiger partial charge on any atom is 0.250 e. The molecule has 0 aliphatic heterocycles. The summed E-state index contributed by atoms with van der Waals surface area (Å²) >= 11 is 1.71. The van der Waals surface area contributed by atoms with Gasteiger partial charge in [-0.3, -0.25) is 4.79 Å². The van der Waals surface area contributed by atoms with Crippen molar-refractivity contribution in [1.29, 1.82) is 0 Å². The number of hydrogen-bond acceptors (Lipinski definition) is 3. The summed E-state index contributed by atoms with van der Waals surface area (Å²) in [4.78, 5) is 11.4. The van der Waals surface area contributed by atoms with Crippen LogP contribution in [0.1, 0.15) is 5.56 Å². The Labute approximate surface area is 81.9 Å². The third kappa shape index (κ3) is 2.52. The van der Waals surface area contributed by atoms with Gasteiger partial charge in [-0.15, -0.1) is 0 Å². The van der Waals surface area contributed by atoms with Gasteiger partial charge in [0.05, 0.1) is 5.69 Å². The van der Waals surface area contributed by atoms with Crippen LogP contribution in [0.25, 0.3) is 0 Å². The number of nitrogen functional groups attached to an aromatic ring is 1. The highest BCUT2D eigenvalue weighted by atomic mass is 32.2. The first-order chi connectivity index (χ1) is 6.15. The highest BCUT2D eigenvalue weighted by Crippen LogP contribution is 2.05. The zero-order valence-corrected chi connectivity index (χ0v) is 8.73. The van der Waals surface area contributed by atoms with Crippen LogP contribution in [0.3, 0.4) is 0 Å². The van der Waals surface area contributed by atoms with Crippen LogP contribution >= 0.6 is 11.8 Å². The molecule has 0 saturated carbocycles. The normalized spacial score (nSPS) is 10.3. The predicted molar refractivity (Wildman–Crippen MR) is 58.2 cm³/mol. The molecule has 0 aliphatic carbocycles. The van der Waals surface area contributed by atoms with Crippen molar-refractivity contribution in [3.05, 3.63) is 28.2 Å². The van der Waals surface area contributed by atoms with E-state index in [0.29, 0.717) is 5.69 Å². The molecule has 1 aromatic rings. The molecule has 0 aromatic carbocycles. The highest BCUT2D eigenvalue weighted by Gasteiger charge is 1.99. The van der Waals surface area contributed by atoms with E-state index in [-0.39, 0.29) is 5.56 Å². The quantitative estimate of drug-likeness (QED) is 0.791. The molecule has 0 saturated heterocycles. The van der Waals surface area contributed by atoms with Crippen LogP contribution in [-0.4, -0.2) is 16.6 Å². The number of pyridine rings is 1. The third-order valence-corrected chi connectivity index (χ3v) is 2.50. The minimum atomic E-state index is 0.0285. The number of hydrogen-bond donors (Lipinski definition) is 1. The number of nitrogens with zero attached hydrogens (tertiary/aromatic N) is 1. The van der Waals surface area contributed by atoms with Gasteiger partial charge in [0.15, 0.2) is 0 Å². The first-order valence-corrected chi connectivity index (χ1v) is 5.50. The summed E-state index contributed by atoms with van der Waals surface area (Å²) in [6.45, 7) is 2.57. The van der Waals surface area contributed by atoms with Gasteiger partial charge in [-0.1, -0.05) is 0 Å². The summed E-state index contributed by atoms with van der Waals surface area (Å²) in [5.41, 5.74) is 7.26. The van der Waals surface area contributed by atoms with Gasteiger partial charge in [0, 0.05) is 24.6 Å². The van der Waals surface area contributed by atoms with E-state index in [1.165, 1.54) is 0 Å². The molecule has 4 heteroatoms. The zero-order chi connectivity index (χ0) is 9.84. The molecule has 0 atom stereocenters.